The largest absolute Gasteiger partial charge is 0.351 e. The zero-order chi connectivity index (χ0) is 11.0. The fourth-order valence-electron chi connectivity index (χ4n) is 1.64. The smallest absolute Gasteiger partial charge is 0.169 e. The fourth-order valence-corrected chi connectivity index (χ4v) is 1.64. The Kier molecular flexibility index (Phi) is 2.29. The van der Waals surface area contributed by atoms with Gasteiger partial charge in [-0.2, -0.15) is 10.4 Å². The molecule has 0 atom stereocenters. The summed E-state index contributed by atoms with van der Waals surface area (Å²) in [7, 11) is 0. The van der Waals surface area contributed by atoms with E-state index in [4.69, 9.17) is 11.0 Å². The van der Waals surface area contributed by atoms with Crippen molar-refractivity contribution in [3.8, 4) is 6.07 Å². The Morgan fingerprint density at radius 3 is 2.60 bits per heavy atom. The quantitative estimate of drug-likeness (QED) is 0.701. The van der Waals surface area contributed by atoms with Crippen molar-refractivity contribution in [1.82, 2.24) is 10.2 Å². The second-order valence-corrected chi connectivity index (χ2v) is 3.89. The second kappa shape index (κ2) is 3.48. The van der Waals surface area contributed by atoms with Crippen molar-refractivity contribution in [3.63, 3.8) is 0 Å². The molecule has 0 saturated carbocycles. The lowest BCUT2D eigenvalue weighted by Gasteiger charge is -2.38. The molecule has 2 heterocycles. The lowest BCUT2D eigenvalue weighted by Crippen LogP contribution is -2.56. The first-order valence-electron chi connectivity index (χ1n) is 4.88. The number of aryl methyl sites for hydroxylation is 1. The molecule has 0 radical (unpaired) electrons. The SMILES string of the molecule is Cc1nnc(N2CC(N)C2)c(C#N)c1C. The van der Waals surface area contributed by atoms with Crippen LogP contribution in [0.5, 0.6) is 0 Å². The van der Waals surface area contributed by atoms with Gasteiger partial charge in [0, 0.05) is 19.1 Å². The summed E-state index contributed by atoms with van der Waals surface area (Å²) >= 11 is 0. The maximum atomic E-state index is 9.08. The van der Waals surface area contributed by atoms with Crippen LogP contribution in [0.15, 0.2) is 0 Å². The molecule has 1 aromatic heterocycles. The van der Waals surface area contributed by atoms with E-state index < -0.39 is 0 Å². The summed E-state index contributed by atoms with van der Waals surface area (Å²) in [6.45, 7) is 5.26. The van der Waals surface area contributed by atoms with Gasteiger partial charge in [0.15, 0.2) is 5.82 Å². The number of aromatic nitrogens is 2. The first-order valence-corrected chi connectivity index (χ1v) is 4.88. The molecule has 1 saturated heterocycles. The van der Waals surface area contributed by atoms with Crippen molar-refractivity contribution in [2.45, 2.75) is 19.9 Å². The molecule has 0 bridgehead atoms. The highest BCUT2D eigenvalue weighted by Gasteiger charge is 2.27. The van der Waals surface area contributed by atoms with E-state index >= 15 is 0 Å². The molecular weight excluding hydrogens is 190 g/mol. The highest BCUT2D eigenvalue weighted by atomic mass is 15.3. The summed E-state index contributed by atoms with van der Waals surface area (Å²) in [6, 6.07) is 2.38. The third kappa shape index (κ3) is 1.53. The van der Waals surface area contributed by atoms with Gasteiger partial charge in [-0.05, 0) is 19.4 Å². The van der Waals surface area contributed by atoms with Gasteiger partial charge in [-0.25, -0.2) is 0 Å². The number of hydrogen-bond acceptors (Lipinski definition) is 5. The average molecular weight is 203 g/mol. The number of rotatable bonds is 1. The number of nitriles is 1. The molecule has 0 aliphatic carbocycles. The van der Waals surface area contributed by atoms with Crippen molar-refractivity contribution >= 4 is 5.82 Å². The van der Waals surface area contributed by atoms with Crippen LogP contribution in [0.2, 0.25) is 0 Å². The predicted molar refractivity (Wildman–Crippen MR) is 56.4 cm³/mol. The van der Waals surface area contributed by atoms with Crippen LogP contribution in [0.25, 0.3) is 0 Å². The van der Waals surface area contributed by atoms with E-state index in [2.05, 4.69) is 16.3 Å². The molecule has 1 aromatic rings. The van der Waals surface area contributed by atoms with E-state index in [1.165, 1.54) is 0 Å². The Bertz CT molecular complexity index is 428. The number of anilines is 1. The van der Waals surface area contributed by atoms with Gasteiger partial charge in [0.2, 0.25) is 0 Å². The zero-order valence-corrected chi connectivity index (χ0v) is 8.86. The Morgan fingerprint density at radius 1 is 1.40 bits per heavy atom. The van der Waals surface area contributed by atoms with E-state index in [0.717, 1.165) is 24.3 Å². The van der Waals surface area contributed by atoms with Crippen LogP contribution in [-0.2, 0) is 0 Å². The fraction of sp³-hybridized carbons (Fsp3) is 0.500. The minimum Gasteiger partial charge on any atom is -0.351 e. The normalized spacial score (nSPS) is 16.0. The molecule has 78 valence electrons. The van der Waals surface area contributed by atoms with Crippen LogP contribution in [0.1, 0.15) is 16.8 Å². The van der Waals surface area contributed by atoms with Gasteiger partial charge in [-0.3, -0.25) is 0 Å². The van der Waals surface area contributed by atoms with Crippen LogP contribution >= 0.6 is 0 Å². The Labute approximate surface area is 88.5 Å². The molecule has 0 aromatic carbocycles. The van der Waals surface area contributed by atoms with Gasteiger partial charge >= 0.3 is 0 Å². The van der Waals surface area contributed by atoms with Crippen molar-refractivity contribution in [1.29, 1.82) is 5.26 Å². The molecule has 0 unspecified atom stereocenters. The number of hydrogen-bond donors (Lipinski definition) is 1. The lowest BCUT2D eigenvalue weighted by atomic mass is 10.1. The Balaban J connectivity index is 2.40. The monoisotopic (exact) mass is 203 g/mol. The third-order valence-corrected chi connectivity index (χ3v) is 2.76. The molecule has 2 rings (SSSR count). The van der Waals surface area contributed by atoms with E-state index in [1.807, 2.05) is 18.7 Å². The van der Waals surface area contributed by atoms with E-state index in [9.17, 15) is 0 Å². The molecule has 2 N–H and O–H groups in total. The van der Waals surface area contributed by atoms with Gasteiger partial charge in [0.05, 0.1) is 5.69 Å². The van der Waals surface area contributed by atoms with Crippen LogP contribution < -0.4 is 10.6 Å². The topological polar surface area (TPSA) is 78.8 Å². The lowest BCUT2D eigenvalue weighted by molar-refractivity contribution is 0.511. The summed E-state index contributed by atoms with van der Waals surface area (Å²) in [4.78, 5) is 1.99. The van der Waals surface area contributed by atoms with Crippen LogP contribution in [-0.4, -0.2) is 29.3 Å². The van der Waals surface area contributed by atoms with Gasteiger partial charge in [-0.15, -0.1) is 5.10 Å². The molecule has 5 heteroatoms. The molecule has 1 aliphatic rings. The summed E-state index contributed by atoms with van der Waals surface area (Å²) in [5, 5.41) is 17.2. The number of nitrogens with zero attached hydrogens (tertiary/aromatic N) is 4. The third-order valence-electron chi connectivity index (χ3n) is 2.76. The standard InChI is InChI=1S/C10H13N5/c1-6-7(2)13-14-10(9(6)3-11)15-4-8(12)5-15/h8H,4-5,12H2,1-2H3. The summed E-state index contributed by atoms with van der Waals surface area (Å²) in [5.41, 5.74) is 8.02. The van der Waals surface area contributed by atoms with Crippen LogP contribution in [0.3, 0.4) is 0 Å². The molecule has 0 amide bonds. The Morgan fingerprint density at radius 2 is 2.07 bits per heavy atom. The minimum absolute atomic E-state index is 0.194. The van der Waals surface area contributed by atoms with E-state index in [1.54, 1.807) is 0 Å². The van der Waals surface area contributed by atoms with Crippen molar-refractivity contribution in [2.24, 2.45) is 5.73 Å². The highest BCUT2D eigenvalue weighted by Crippen LogP contribution is 2.24. The maximum Gasteiger partial charge on any atom is 0.169 e. The zero-order valence-electron chi connectivity index (χ0n) is 8.86. The molecule has 5 nitrogen and oxygen atoms in total. The molecule has 0 spiro atoms. The summed E-state index contributed by atoms with van der Waals surface area (Å²) in [6.07, 6.45) is 0. The Hall–Kier alpha value is -1.67. The van der Waals surface area contributed by atoms with E-state index in [-0.39, 0.29) is 6.04 Å². The number of nitrogens with two attached hydrogens (primary N) is 1. The molecule has 15 heavy (non-hydrogen) atoms. The van der Waals surface area contributed by atoms with Gasteiger partial charge in [-0.1, -0.05) is 0 Å². The highest BCUT2D eigenvalue weighted by molar-refractivity contribution is 5.59. The van der Waals surface area contributed by atoms with Crippen molar-refractivity contribution < 1.29 is 0 Å². The molecule has 1 fully saturated rings. The van der Waals surface area contributed by atoms with E-state index in [0.29, 0.717) is 11.4 Å². The first kappa shape index (κ1) is 9.87. The predicted octanol–water partition coefficient (Wildman–Crippen LogP) is 0.112. The first-order chi connectivity index (χ1) is 7.13. The van der Waals surface area contributed by atoms with Crippen LogP contribution in [0.4, 0.5) is 5.82 Å². The maximum absolute atomic E-state index is 9.08. The van der Waals surface area contributed by atoms with Gasteiger partial charge < -0.3 is 10.6 Å². The second-order valence-electron chi connectivity index (χ2n) is 3.89. The van der Waals surface area contributed by atoms with Gasteiger partial charge in [0.1, 0.15) is 11.6 Å². The average Bonchev–Trinajstić information content (AvgIpc) is 2.18. The summed E-state index contributed by atoms with van der Waals surface area (Å²) in [5.74, 6) is 0.669. The van der Waals surface area contributed by atoms with Crippen LogP contribution in [0, 0.1) is 25.2 Å². The summed E-state index contributed by atoms with van der Waals surface area (Å²) < 4.78 is 0. The minimum atomic E-state index is 0.194. The molecular formula is C10H13N5. The van der Waals surface area contributed by atoms with Crippen molar-refractivity contribution in [3.05, 3.63) is 16.8 Å². The van der Waals surface area contributed by atoms with Gasteiger partial charge in [0.25, 0.3) is 0 Å². The van der Waals surface area contributed by atoms with Crippen molar-refractivity contribution in [2.75, 3.05) is 18.0 Å². The molecule has 1 aliphatic heterocycles.